The van der Waals surface area contributed by atoms with Crippen LogP contribution in [0.4, 0.5) is 32.3 Å². The second-order valence-electron chi connectivity index (χ2n) is 9.02. The Morgan fingerprint density at radius 1 is 0.844 bits per heavy atom. The maximum atomic E-state index is 12.3. The van der Waals surface area contributed by atoms with E-state index in [0.29, 0.717) is 18.8 Å². The largest absolute Gasteiger partial charge is 0.444 e. The van der Waals surface area contributed by atoms with Gasteiger partial charge in [-0.15, -0.1) is 0 Å². The molecule has 1 aliphatic heterocycles. The molecule has 1 saturated heterocycles. The normalized spacial score (nSPS) is 14.0. The fraction of sp³-hybridized carbons (Fsp3) is 0.417. The van der Waals surface area contributed by atoms with Crippen LogP contribution in [-0.2, 0) is 4.74 Å². The van der Waals surface area contributed by atoms with Gasteiger partial charge >= 0.3 is 12.1 Å². The maximum Gasteiger partial charge on any atom is 0.410 e. The fourth-order valence-corrected chi connectivity index (χ4v) is 3.37. The summed E-state index contributed by atoms with van der Waals surface area (Å²) in [6.07, 6.45) is -0.265. The number of nitrogens with one attached hydrogen (secondary N) is 2. The highest BCUT2D eigenvalue weighted by molar-refractivity contribution is 5.99. The van der Waals surface area contributed by atoms with Crippen molar-refractivity contribution in [3.63, 3.8) is 0 Å². The first kappa shape index (κ1) is 23.2. The van der Waals surface area contributed by atoms with E-state index in [1.807, 2.05) is 88.3 Å². The molecule has 0 bridgehead atoms. The molecule has 0 saturated carbocycles. The quantitative estimate of drug-likeness (QED) is 0.736. The Morgan fingerprint density at radius 3 is 1.81 bits per heavy atom. The van der Waals surface area contributed by atoms with E-state index in [2.05, 4.69) is 15.5 Å². The Bertz CT molecular complexity index is 912. The summed E-state index contributed by atoms with van der Waals surface area (Å²) in [5, 5.41) is 5.69. The lowest BCUT2D eigenvalue weighted by atomic mass is 10.2. The minimum atomic E-state index is -0.487. The zero-order valence-corrected chi connectivity index (χ0v) is 19.5. The van der Waals surface area contributed by atoms with Crippen molar-refractivity contribution in [3.8, 4) is 0 Å². The second kappa shape index (κ2) is 9.80. The monoisotopic (exact) mass is 439 g/mol. The van der Waals surface area contributed by atoms with Gasteiger partial charge in [-0.1, -0.05) is 0 Å². The van der Waals surface area contributed by atoms with E-state index in [0.717, 1.165) is 30.2 Å². The van der Waals surface area contributed by atoms with Crippen molar-refractivity contribution in [1.29, 1.82) is 0 Å². The predicted octanol–water partition coefficient (Wildman–Crippen LogP) is 4.45. The van der Waals surface area contributed by atoms with Crippen LogP contribution < -0.4 is 20.4 Å². The van der Waals surface area contributed by atoms with E-state index in [1.54, 1.807) is 4.90 Å². The number of carbonyl (C=O) groups excluding carboxylic acids is 2. The molecule has 2 aromatic carbocycles. The molecule has 0 spiro atoms. The van der Waals surface area contributed by atoms with Crippen LogP contribution in [0, 0.1) is 0 Å². The summed E-state index contributed by atoms with van der Waals surface area (Å²) >= 11 is 0. The summed E-state index contributed by atoms with van der Waals surface area (Å²) in [4.78, 5) is 30.5. The van der Waals surface area contributed by atoms with Gasteiger partial charge in [0.05, 0.1) is 0 Å². The smallest absolute Gasteiger partial charge is 0.410 e. The SMILES string of the molecule is CN(C)c1ccc(NC(=O)Nc2ccc(N3CCN(C(=O)OC(C)(C)C)CC3)cc2)cc1. The molecule has 1 fully saturated rings. The second-order valence-corrected chi connectivity index (χ2v) is 9.02. The first-order chi connectivity index (χ1) is 15.1. The topological polar surface area (TPSA) is 77.2 Å². The molecule has 8 heteroatoms. The summed E-state index contributed by atoms with van der Waals surface area (Å²) < 4.78 is 5.45. The van der Waals surface area contributed by atoms with Gasteiger partial charge in [0.1, 0.15) is 5.60 Å². The molecule has 0 unspecified atom stereocenters. The number of carbonyl (C=O) groups is 2. The highest BCUT2D eigenvalue weighted by Gasteiger charge is 2.25. The van der Waals surface area contributed by atoms with Gasteiger partial charge in [0.25, 0.3) is 0 Å². The van der Waals surface area contributed by atoms with Crippen molar-refractivity contribution in [3.05, 3.63) is 48.5 Å². The number of anilines is 4. The molecule has 3 amide bonds. The van der Waals surface area contributed by atoms with Gasteiger partial charge in [-0.3, -0.25) is 0 Å². The summed E-state index contributed by atoms with van der Waals surface area (Å²) in [6, 6.07) is 15.1. The molecule has 2 aromatic rings. The summed E-state index contributed by atoms with van der Waals surface area (Å²) in [5.41, 5.74) is 3.08. The van der Waals surface area contributed by atoms with Crippen molar-refractivity contribution in [1.82, 2.24) is 4.90 Å². The van der Waals surface area contributed by atoms with Gasteiger partial charge in [-0.2, -0.15) is 0 Å². The third kappa shape index (κ3) is 6.54. The third-order valence-electron chi connectivity index (χ3n) is 5.06. The van der Waals surface area contributed by atoms with Gasteiger partial charge in [0.2, 0.25) is 0 Å². The molecule has 0 radical (unpaired) electrons. The highest BCUT2D eigenvalue weighted by Crippen LogP contribution is 2.21. The van der Waals surface area contributed by atoms with Crippen molar-refractivity contribution in [2.24, 2.45) is 0 Å². The third-order valence-corrected chi connectivity index (χ3v) is 5.06. The number of ether oxygens (including phenoxy) is 1. The van der Waals surface area contributed by atoms with Crippen LogP contribution in [0.1, 0.15) is 20.8 Å². The number of urea groups is 1. The highest BCUT2D eigenvalue weighted by atomic mass is 16.6. The Kier molecular flexibility index (Phi) is 7.12. The lowest BCUT2D eigenvalue weighted by Crippen LogP contribution is -2.50. The van der Waals surface area contributed by atoms with Crippen LogP contribution in [0.5, 0.6) is 0 Å². The molecule has 1 aliphatic rings. The molecule has 0 atom stereocenters. The number of hydrogen-bond acceptors (Lipinski definition) is 5. The predicted molar refractivity (Wildman–Crippen MR) is 130 cm³/mol. The van der Waals surface area contributed by atoms with Crippen molar-refractivity contribution >= 4 is 34.9 Å². The number of benzene rings is 2. The zero-order valence-electron chi connectivity index (χ0n) is 19.5. The summed E-state index contributed by atoms with van der Waals surface area (Å²) in [5.74, 6) is 0. The van der Waals surface area contributed by atoms with Crippen LogP contribution >= 0.6 is 0 Å². The number of rotatable bonds is 4. The Hall–Kier alpha value is -3.42. The van der Waals surface area contributed by atoms with Crippen LogP contribution in [0.3, 0.4) is 0 Å². The van der Waals surface area contributed by atoms with Crippen LogP contribution in [0.2, 0.25) is 0 Å². The van der Waals surface area contributed by atoms with Crippen LogP contribution in [-0.4, -0.2) is 62.9 Å². The van der Waals surface area contributed by atoms with Crippen molar-refractivity contribution < 1.29 is 14.3 Å². The van der Waals surface area contributed by atoms with Gasteiger partial charge in [0, 0.05) is 63.0 Å². The van der Waals surface area contributed by atoms with Gasteiger partial charge in [-0.25, -0.2) is 9.59 Å². The van der Waals surface area contributed by atoms with Crippen LogP contribution in [0.25, 0.3) is 0 Å². The van der Waals surface area contributed by atoms with E-state index < -0.39 is 5.60 Å². The summed E-state index contributed by atoms with van der Waals surface area (Å²) in [6.45, 7) is 8.31. The van der Waals surface area contributed by atoms with Crippen molar-refractivity contribution in [2.75, 3.05) is 60.7 Å². The molecule has 8 nitrogen and oxygen atoms in total. The Labute approximate surface area is 190 Å². The number of nitrogens with zero attached hydrogens (tertiary/aromatic N) is 3. The molecule has 0 aliphatic carbocycles. The Morgan fingerprint density at radius 2 is 1.34 bits per heavy atom. The average molecular weight is 440 g/mol. The van der Waals surface area contributed by atoms with E-state index in [9.17, 15) is 9.59 Å². The fourth-order valence-electron chi connectivity index (χ4n) is 3.37. The van der Waals surface area contributed by atoms with Gasteiger partial charge < -0.3 is 30.1 Å². The minimum absolute atomic E-state index is 0.265. The first-order valence-corrected chi connectivity index (χ1v) is 10.8. The number of piperazine rings is 1. The first-order valence-electron chi connectivity index (χ1n) is 10.8. The van der Waals surface area contributed by atoms with E-state index in [-0.39, 0.29) is 12.1 Å². The Balaban J connectivity index is 1.49. The maximum absolute atomic E-state index is 12.3. The number of amides is 3. The average Bonchev–Trinajstić information content (AvgIpc) is 2.73. The van der Waals surface area contributed by atoms with Gasteiger partial charge in [0.15, 0.2) is 0 Å². The standard InChI is InChI=1S/C24H33N5O3/c1-24(2,3)32-23(31)29-16-14-28(15-17-29)21-12-8-19(9-13-21)26-22(30)25-18-6-10-20(11-7-18)27(4)5/h6-13H,14-17H2,1-5H3,(H2,25,26,30). The zero-order chi connectivity index (χ0) is 23.3. The molecule has 0 aromatic heterocycles. The molecular weight excluding hydrogens is 406 g/mol. The van der Waals surface area contributed by atoms with E-state index >= 15 is 0 Å². The lowest BCUT2D eigenvalue weighted by Gasteiger charge is -2.36. The molecule has 1 heterocycles. The van der Waals surface area contributed by atoms with Gasteiger partial charge in [-0.05, 0) is 69.3 Å². The molecule has 32 heavy (non-hydrogen) atoms. The lowest BCUT2D eigenvalue weighted by molar-refractivity contribution is 0.0240. The molecule has 3 rings (SSSR count). The van der Waals surface area contributed by atoms with Crippen molar-refractivity contribution in [2.45, 2.75) is 26.4 Å². The molecular formula is C24H33N5O3. The summed E-state index contributed by atoms with van der Waals surface area (Å²) in [7, 11) is 3.94. The van der Waals surface area contributed by atoms with Crippen LogP contribution in [0.15, 0.2) is 48.5 Å². The minimum Gasteiger partial charge on any atom is -0.444 e. The van der Waals surface area contributed by atoms with E-state index in [4.69, 9.17) is 4.74 Å². The van der Waals surface area contributed by atoms with E-state index in [1.165, 1.54) is 0 Å². The molecule has 2 N–H and O–H groups in total. The molecule has 172 valence electrons. The number of hydrogen-bond donors (Lipinski definition) is 2.